The van der Waals surface area contributed by atoms with Gasteiger partial charge in [0.05, 0.1) is 35.6 Å². The summed E-state index contributed by atoms with van der Waals surface area (Å²) in [6.07, 6.45) is 3.84. The Balaban J connectivity index is 1.88. The number of benzene rings is 2. The molecule has 1 aromatic heterocycles. The molecule has 0 saturated carbocycles. The van der Waals surface area contributed by atoms with Gasteiger partial charge in [0.25, 0.3) is 5.56 Å². The molecule has 6 nitrogen and oxygen atoms in total. The Morgan fingerprint density at radius 1 is 1.18 bits per heavy atom. The summed E-state index contributed by atoms with van der Waals surface area (Å²) in [5.74, 6) is 0.291. The molecule has 170 valence electrons. The van der Waals surface area contributed by atoms with Gasteiger partial charge in [-0.2, -0.15) is 0 Å². The lowest BCUT2D eigenvalue weighted by atomic mass is 9.96. The lowest BCUT2D eigenvalue weighted by Crippen LogP contribution is -2.39. The normalized spacial score (nSPS) is 15.8. The zero-order valence-corrected chi connectivity index (χ0v) is 20.5. The number of thioether (sulfide) groups is 1. The summed E-state index contributed by atoms with van der Waals surface area (Å²) in [5, 5.41) is 0. The lowest BCUT2D eigenvalue weighted by molar-refractivity contribution is -0.136. The molecule has 3 aromatic rings. The first-order valence-electron chi connectivity index (χ1n) is 10.4. The van der Waals surface area contributed by atoms with Crippen molar-refractivity contribution >= 4 is 35.1 Å². The van der Waals surface area contributed by atoms with E-state index < -0.39 is 12.0 Å². The number of rotatable bonds is 6. The monoisotopic (exact) mass is 480 g/mol. The fraction of sp³-hybridized carbons (Fsp3) is 0.240. The number of ether oxygens (including phenoxy) is 2. The highest BCUT2D eigenvalue weighted by Gasteiger charge is 2.33. The van der Waals surface area contributed by atoms with Crippen molar-refractivity contribution in [3.63, 3.8) is 0 Å². The third kappa shape index (κ3) is 4.54. The number of esters is 1. The van der Waals surface area contributed by atoms with E-state index in [-0.39, 0.29) is 5.56 Å². The highest BCUT2D eigenvalue weighted by molar-refractivity contribution is 7.98. The smallest absolute Gasteiger partial charge is 0.338 e. The molecule has 2 heterocycles. The molecule has 33 heavy (non-hydrogen) atoms. The third-order valence-corrected chi connectivity index (χ3v) is 7.07. The SMILES string of the molecule is CCOc1ccc(C=c2sc3n(c2=O)C(c2ccc(SC)cc2)C(C(=O)OC)=C(C)N=3)cc1. The fourth-order valence-electron chi connectivity index (χ4n) is 3.77. The molecule has 0 amide bonds. The van der Waals surface area contributed by atoms with Crippen LogP contribution in [0.5, 0.6) is 5.75 Å². The molecule has 4 rings (SSSR count). The average molecular weight is 481 g/mol. The van der Waals surface area contributed by atoms with E-state index in [4.69, 9.17) is 9.47 Å². The number of allylic oxidation sites excluding steroid dienone is 1. The highest BCUT2D eigenvalue weighted by Crippen LogP contribution is 2.31. The van der Waals surface area contributed by atoms with E-state index in [1.165, 1.54) is 18.4 Å². The molecular formula is C25H24N2O4S2. The molecule has 0 aliphatic carbocycles. The minimum Gasteiger partial charge on any atom is -0.494 e. The number of aromatic nitrogens is 1. The molecule has 1 aliphatic heterocycles. The number of nitrogens with zero attached hydrogens (tertiary/aromatic N) is 2. The predicted octanol–water partition coefficient (Wildman–Crippen LogP) is 3.53. The second-order valence-corrected chi connectivity index (χ2v) is 9.24. The molecule has 0 saturated heterocycles. The standard InChI is InChI=1S/C25H24N2O4S2/c1-5-31-18-10-6-16(7-11-18)14-20-23(28)27-22(17-8-12-19(32-4)13-9-17)21(24(29)30-3)15(2)26-25(27)33-20/h6-14,22H,5H2,1-4H3. The number of thiazole rings is 1. The van der Waals surface area contributed by atoms with E-state index in [1.54, 1.807) is 23.3 Å². The van der Waals surface area contributed by atoms with Crippen molar-refractivity contribution in [2.75, 3.05) is 20.0 Å². The Labute approximate surface area is 199 Å². The molecule has 0 bridgehead atoms. The molecular weight excluding hydrogens is 456 g/mol. The van der Waals surface area contributed by atoms with E-state index in [1.807, 2.05) is 67.8 Å². The van der Waals surface area contributed by atoms with E-state index in [9.17, 15) is 9.59 Å². The van der Waals surface area contributed by atoms with Crippen molar-refractivity contribution in [3.05, 3.63) is 90.6 Å². The van der Waals surface area contributed by atoms with Crippen LogP contribution in [0.25, 0.3) is 6.08 Å². The molecule has 1 atom stereocenters. The van der Waals surface area contributed by atoms with Crippen molar-refractivity contribution in [2.45, 2.75) is 24.8 Å². The van der Waals surface area contributed by atoms with Crippen molar-refractivity contribution < 1.29 is 14.3 Å². The van der Waals surface area contributed by atoms with E-state index in [0.717, 1.165) is 21.8 Å². The summed E-state index contributed by atoms with van der Waals surface area (Å²) < 4.78 is 12.7. The van der Waals surface area contributed by atoms with E-state index in [0.29, 0.717) is 27.2 Å². The van der Waals surface area contributed by atoms with Crippen LogP contribution < -0.4 is 19.6 Å². The second-order valence-electron chi connectivity index (χ2n) is 7.35. The number of hydrogen-bond donors (Lipinski definition) is 0. The molecule has 8 heteroatoms. The highest BCUT2D eigenvalue weighted by atomic mass is 32.2. The Bertz CT molecular complexity index is 1380. The lowest BCUT2D eigenvalue weighted by Gasteiger charge is -2.24. The minimum atomic E-state index is -0.605. The molecule has 2 aromatic carbocycles. The first-order chi connectivity index (χ1) is 16.0. The summed E-state index contributed by atoms with van der Waals surface area (Å²) in [6, 6.07) is 14.8. The summed E-state index contributed by atoms with van der Waals surface area (Å²) >= 11 is 2.94. The maximum Gasteiger partial charge on any atom is 0.338 e. The Kier molecular flexibility index (Phi) is 6.85. The van der Waals surface area contributed by atoms with Gasteiger partial charge in [-0.3, -0.25) is 9.36 Å². The van der Waals surface area contributed by atoms with Crippen LogP contribution in [-0.2, 0) is 9.53 Å². The first-order valence-corrected chi connectivity index (χ1v) is 12.5. The third-order valence-electron chi connectivity index (χ3n) is 5.35. The van der Waals surface area contributed by atoms with Crippen LogP contribution in [-0.4, -0.2) is 30.5 Å². The minimum absolute atomic E-state index is 0.194. The van der Waals surface area contributed by atoms with E-state index >= 15 is 0 Å². The van der Waals surface area contributed by atoms with Gasteiger partial charge < -0.3 is 9.47 Å². The molecule has 0 N–H and O–H groups in total. The number of carbonyl (C=O) groups excluding carboxylic acids is 1. The summed E-state index contributed by atoms with van der Waals surface area (Å²) in [5.41, 5.74) is 2.44. The zero-order valence-electron chi connectivity index (χ0n) is 18.8. The Morgan fingerprint density at radius 3 is 2.48 bits per heavy atom. The van der Waals surface area contributed by atoms with Gasteiger partial charge in [0.1, 0.15) is 5.75 Å². The van der Waals surface area contributed by atoms with Gasteiger partial charge in [0.15, 0.2) is 4.80 Å². The predicted molar refractivity (Wildman–Crippen MR) is 132 cm³/mol. The van der Waals surface area contributed by atoms with Crippen LogP contribution in [0.4, 0.5) is 0 Å². The van der Waals surface area contributed by atoms with Gasteiger partial charge in [-0.05, 0) is 61.6 Å². The molecule has 1 aliphatic rings. The molecule has 1 unspecified atom stereocenters. The number of carbonyl (C=O) groups is 1. The maximum absolute atomic E-state index is 13.5. The van der Waals surface area contributed by atoms with Crippen LogP contribution in [0.3, 0.4) is 0 Å². The quantitative estimate of drug-likeness (QED) is 0.399. The first kappa shape index (κ1) is 23.1. The van der Waals surface area contributed by atoms with Crippen LogP contribution in [0, 0.1) is 0 Å². The van der Waals surface area contributed by atoms with Crippen molar-refractivity contribution in [2.24, 2.45) is 4.99 Å². The van der Waals surface area contributed by atoms with E-state index in [2.05, 4.69) is 4.99 Å². The number of hydrogen-bond acceptors (Lipinski definition) is 7. The largest absolute Gasteiger partial charge is 0.494 e. The van der Waals surface area contributed by atoms with Crippen molar-refractivity contribution in [1.29, 1.82) is 0 Å². The maximum atomic E-state index is 13.5. The van der Waals surface area contributed by atoms with Gasteiger partial charge in [-0.25, -0.2) is 9.79 Å². The van der Waals surface area contributed by atoms with Gasteiger partial charge in [0.2, 0.25) is 0 Å². The zero-order chi connectivity index (χ0) is 23.5. The average Bonchev–Trinajstić information content (AvgIpc) is 3.13. The van der Waals surface area contributed by atoms with Gasteiger partial charge in [-0.15, -0.1) is 11.8 Å². The topological polar surface area (TPSA) is 69.9 Å². The van der Waals surface area contributed by atoms with Crippen molar-refractivity contribution in [3.8, 4) is 5.75 Å². The number of fused-ring (bicyclic) bond motifs is 1. The Hall–Kier alpha value is -3.10. The summed E-state index contributed by atoms with van der Waals surface area (Å²) in [7, 11) is 1.34. The van der Waals surface area contributed by atoms with Crippen LogP contribution >= 0.6 is 23.1 Å². The van der Waals surface area contributed by atoms with Gasteiger partial charge >= 0.3 is 5.97 Å². The Morgan fingerprint density at radius 2 is 1.88 bits per heavy atom. The van der Waals surface area contributed by atoms with Crippen molar-refractivity contribution in [1.82, 2.24) is 4.57 Å². The molecule has 0 spiro atoms. The van der Waals surface area contributed by atoms with Gasteiger partial charge in [-0.1, -0.05) is 35.6 Å². The van der Waals surface area contributed by atoms with Gasteiger partial charge in [0, 0.05) is 4.90 Å². The van der Waals surface area contributed by atoms with Crippen LogP contribution in [0.1, 0.15) is 31.0 Å². The molecule has 0 fully saturated rings. The second kappa shape index (κ2) is 9.80. The summed E-state index contributed by atoms with van der Waals surface area (Å²) in [6.45, 7) is 4.31. The van der Waals surface area contributed by atoms with Crippen LogP contribution in [0.2, 0.25) is 0 Å². The molecule has 0 radical (unpaired) electrons. The number of methoxy groups -OCH3 is 1. The summed E-state index contributed by atoms with van der Waals surface area (Å²) in [4.78, 5) is 32.5. The van der Waals surface area contributed by atoms with Crippen LogP contribution in [0.15, 0.2) is 74.5 Å². The fourth-order valence-corrected chi connectivity index (χ4v) is 5.23.